The van der Waals surface area contributed by atoms with E-state index in [1.165, 1.54) is 30.5 Å². The first kappa shape index (κ1) is 22.3. The molecule has 1 aliphatic rings. The van der Waals surface area contributed by atoms with E-state index >= 15 is 0 Å². The third kappa shape index (κ3) is 3.80. The van der Waals surface area contributed by atoms with Crippen molar-refractivity contribution in [3.05, 3.63) is 70.2 Å². The minimum atomic E-state index is -0.904. The predicted octanol–water partition coefficient (Wildman–Crippen LogP) is 4.10. The van der Waals surface area contributed by atoms with Crippen LogP contribution in [0.25, 0.3) is 5.76 Å². The molecule has 1 aliphatic heterocycles. The monoisotopic (exact) mass is 466 g/mol. The number of aliphatic hydroxyl groups excluding tert-OH is 1. The van der Waals surface area contributed by atoms with Crippen molar-refractivity contribution in [3.8, 4) is 17.2 Å². The van der Waals surface area contributed by atoms with Gasteiger partial charge in [0, 0.05) is 17.1 Å². The minimum absolute atomic E-state index is 0.0352. The molecule has 1 saturated heterocycles. The van der Waals surface area contributed by atoms with Gasteiger partial charge in [-0.25, -0.2) is 4.98 Å². The lowest BCUT2D eigenvalue weighted by atomic mass is 9.94. The predicted molar refractivity (Wildman–Crippen MR) is 124 cm³/mol. The van der Waals surface area contributed by atoms with Gasteiger partial charge >= 0.3 is 5.91 Å². The Morgan fingerprint density at radius 1 is 1.00 bits per heavy atom. The molecule has 1 N–H and O–H groups in total. The Hall–Kier alpha value is -3.85. The number of ether oxygens (including phenoxy) is 3. The van der Waals surface area contributed by atoms with Gasteiger partial charge in [0.05, 0.1) is 32.9 Å². The van der Waals surface area contributed by atoms with Gasteiger partial charge in [0.2, 0.25) is 0 Å². The van der Waals surface area contributed by atoms with Crippen molar-refractivity contribution in [2.24, 2.45) is 0 Å². The van der Waals surface area contributed by atoms with Gasteiger partial charge in [-0.3, -0.25) is 14.5 Å². The number of methoxy groups -OCH3 is 3. The minimum Gasteiger partial charge on any atom is -0.507 e. The van der Waals surface area contributed by atoms with Gasteiger partial charge in [0.25, 0.3) is 5.78 Å². The maximum atomic E-state index is 13.2. The van der Waals surface area contributed by atoms with Gasteiger partial charge in [-0.05, 0) is 48.4 Å². The van der Waals surface area contributed by atoms with Crippen LogP contribution in [0.5, 0.6) is 17.2 Å². The van der Waals surface area contributed by atoms with E-state index in [-0.39, 0.29) is 11.3 Å². The van der Waals surface area contributed by atoms with E-state index < -0.39 is 17.7 Å². The molecule has 1 aromatic heterocycles. The number of Topliss-reactive ketones (excluding diaryl/α,β-unsaturated/α-hetero) is 1. The van der Waals surface area contributed by atoms with E-state index in [1.54, 1.807) is 55.1 Å². The molecule has 2 aromatic carbocycles. The lowest BCUT2D eigenvalue weighted by Crippen LogP contribution is -2.29. The summed E-state index contributed by atoms with van der Waals surface area (Å²) in [6.07, 6.45) is 1.55. The van der Waals surface area contributed by atoms with Gasteiger partial charge in [0.1, 0.15) is 11.5 Å². The van der Waals surface area contributed by atoms with Crippen LogP contribution in [0.4, 0.5) is 5.13 Å². The molecule has 0 radical (unpaired) electrons. The first-order chi connectivity index (χ1) is 15.9. The molecule has 4 rings (SSSR count). The zero-order valence-corrected chi connectivity index (χ0v) is 19.3. The third-order valence-electron chi connectivity index (χ3n) is 5.46. The van der Waals surface area contributed by atoms with Crippen LogP contribution in [-0.2, 0) is 9.59 Å². The number of anilines is 1. The van der Waals surface area contributed by atoms with Crippen LogP contribution in [0, 0.1) is 6.92 Å². The summed E-state index contributed by atoms with van der Waals surface area (Å²) in [6.45, 7) is 1.83. The first-order valence-electron chi connectivity index (χ1n) is 9.98. The molecule has 33 heavy (non-hydrogen) atoms. The van der Waals surface area contributed by atoms with Crippen LogP contribution in [0.1, 0.15) is 22.7 Å². The number of aromatic nitrogens is 1. The van der Waals surface area contributed by atoms with Crippen LogP contribution < -0.4 is 19.1 Å². The second-order valence-electron chi connectivity index (χ2n) is 7.28. The number of ketones is 1. The van der Waals surface area contributed by atoms with Crippen molar-refractivity contribution in [1.82, 2.24) is 4.98 Å². The van der Waals surface area contributed by atoms with Crippen LogP contribution in [-0.4, -0.2) is 43.1 Å². The number of aryl methyl sites for hydroxylation is 1. The lowest BCUT2D eigenvalue weighted by molar-refractivity contribution is -0.132. The Kier molecular flexibility index (Phi) is 6.06. The Morgan fingerprint density at radius 3 is 2.30 bits per heavy atom. The molecule has 0 aliphatic carbocycles. The maximum absolute atomic E-state index is 13.2. The van der Waals surface area contributed by atoms with Crippen molar-refractivity contribution in [1.29, 1.82) is 0 Å². The topological polar surface area (TPSA) is 98.2 Å². The van der Waals surface area contributed by atoms with Gasteiger partial charge in [0.15, 0.2) is 16.6 Å². The van der Waals surface area contributed by atoms with E-state index in [0.717, 1.165) is 5.56 Å². The van der Waals surface area contributed by atoms with Crippen LogP contribution in [0.15, 0.2) is 53.5 Å². The standard InChI is InChI=1S/C24H22N2O6S/c1-13-11-15(6-7-16(13)30-2)21(27)19-20(14-5-8-17(31-3)18(12-14)32-4)26(23(29)22(19)28)24-25-9-10-33-24/h5-12,20,27H,1-4H3. The molecular formula is C24H22N2O6S. The SMILES string of the molecule is COc1ccc(C(O)=C2C(=O)C(=O)N(c3nccs3)C2c2ccc(OC)c(OC)c2)cc1C. The second kappa shape index (κ2) is 8.95. The number of aliphatic hydroxyl groups is 1. The molecule has 1 fully saturated rings. The van der Waals surface area contributed by atoms with Gasteiger partial charge < -0.3 is 19.3 Å². The number of hydrogen-bond donors (Lipinski definition) is 1. The van der Waals surface area contributed by atoms with E-state index in [1.807, 2.05) is 6.92 Å². The summed E-state index contributed by atoms with van der Waals surface area (Å²) in [5.74, 6) is -0.269. The highest BCUT2D eigenvalue weighted by Gasteiger charge is 2.48. The molecule has 0 saturated carbocycles. The largest absolute Gasteiger partial charge is 0.507 e. The van der Waals surface area contributed by atoms with Crippen molar-refractivity contribution in [3.63, 3.8) is 0 Å². The molecule has 2 heterocycles. The van der Waals surface area contributed by atoms with E-state index in [9.17, 15) is 14.7 Å². The summed E-state index contributed by atoms with van der Waals surface area (Å²) in [6, 6.07) is 9.24. The number of carbonyl (C=O) groups is 2. The zero-order chi connectivity index (χ0) is 23.7. The number of nitrogens with zero attached hydrogens (tertiary/aromatic N) is 2. The number of carbonyl (C=O) groups excluding carboxylic acids is 2. The van der Waals surface area contributed by atoms with Crippen molar-refractivity contribution in [2.75, 3.05) is 26.2 Å². The molecule has 1 amide bonds. The second-order valence-corrected chi connectivity index (χ2v) is 8.16. The summed E-state index contributed by atoms with van der Waals surface area (Å²) < 4.78 is 16.0. The number of hydrogen-bond acceptors (Lipinski definition) is 8. The fraction of sp³-hybridized carbons (Fsp3) is 0.208. The third-order valence-corrected chi connectivity index (χ3v) is 6.23. The lowest BCUT2D eigenvalue weighted by Gasteiger charge is -2.23. The molecule has 1 unspecified atom stereocenters. The average molecular weight is 467 g/mol. The van der Waals surface area contributed by atoms with E-state index in [0.29, 0.717) is 33.5 Å². The highest BCUT2D eigenvalue weighted by Crippen LogP contribution is 2.44. The quantitative estimate of drug-likeness (QED) is 0.332. The van der Waals surface area contributed by atoms with E-state index in [2.05, 4.69) is 4.98 Å². The molecule has 170 valence electrons. The summed E-state index contributed by atoms with van der Waals surface area (Å²) in [5.41, 5.74) is 1.70. The fourth-order valence-electron chi connectivity index (χ4n) is 3.88. The first-order valence-corrected chi connectivity index (χ1v) is 10.9. The smallest absolute Gasteiger partial charge is 0.301 e. The average Bonchev–Trinajstić information content (AvgIpc) is 3.44. The van der Waals surface area contributed by atoms with Crippen molar-refractivity contribution < 1.29 is 28.9 Å². The summed E-state index contributed by atoms with van der Waals surface area (Å²) in [7, 11) is 4.57. The summed E-state index contributed by atoms with van der Waals surface area (Å²) in [4.78, 5) is 31.8. The van der Waals surface area contributed by atoms with E-state index in [4.69, 9.17) is 14.2 Å². The number of rotatable bonds is 6. The highest BCUT2D eigenvalue weighted by atomic mass is 32.1. The Balaban J connectivity index is 1.94. The molecule has 8 nitrogen and oxygen atoms in total. The van der Waals surface area contributed by atoms with Crippen LogP contribution >= 0.6 is 11.3 Å². The Morgan fingerprint density at radius 2 is 1.70 bits per heavy atom. The van der Waals surface area contributed by atoms with Gasteiger partial charge in [-0.2, -0.15) is 0 Å². The fourth-order valence-corrected chi connectivity index (χ4v) is 4.55. The molecular weight excluding hydrogens is 444 g/mol. The maximum Gasteiger partial charge on any atom is 0.301 e. The number of amides is 1. The number of thiazole rings is 1. The zero-order valence-electron chi connectivity index (χ0n) is 18.5. The van der Waals surface area contributed by atoms with Gasteiger partial charge in [-0.1, -0.05) is 6.07 Å². The molecule has 9 heteroatoms. The Bertz CT molecular complexity index is 1250. The Labute approximate surface area is 194 Å². The van der Waals surface area contributed by atoms with Crippen molar-refractivity contribution >= 4 is 33.9 Å². The van der Waals surface area contributed by atoms with Crippen LogP contribution in [0.2, 0.25) is 0 Å². The number of benzene rings is 2. The summed E-state index contributed by atoms with van der Waals surface area (Å²) in [5, 5.41) is 13.3. The molecule has 1 atom stereocenters. The van der Waals surface area contributed by atoms with Crippen LogP contribution in [0.3, 0.4) is 0 Å². The molecule has 3 aromatic rings. The summed E-state index contributed by atoms with van der Waals surface area (Å²) >= 11 is 1.22. The normalized spacial score (nSPS) is 17.3. The van der Waals surface area contributed by atoms with Gasteiger partial charge in [-0.15, -0.1) is 11.3 Å². The highest BCUT2D eigenvalue weighted by molar-refractivity contribution is 7.14. The van der Waals surface area contributed by atoms with Crippen molar-refractivity contribution in [2.45, 2.75) is 13.0 Å². The molecule has 0 spiro atoms. The molecule has 0 bridgehead atoms.